The standard InChI is InChI=1S/C13H15F2N5O2/c14-11(15)8-20-10(2-3-17-20)13(21)16-7-9-6-12-19(18-9)4-1-5-22-12/h2-3,6,11H,1,4-5,7-8H2,(H,16,21). The molecule has 2 aromatic heterocycles. The second-order valence-corrected chi connectivity index (χ2v) is 4.87. The fourth-order valence-electron chi connectivity index (χ4n) is 2.27. The Morgan fingerprint density at radius 1 is 1.50 bits per heavy atom. The summed E-state index contributed by atoms with van der Waals surface area (Å²) in [5, 5.41) is 10.7. The molecule has 0 bridgehead atoms. The molecule has 118 valence electrons. The summed E-state index contributed by atoms with van der Waals surface area (Å²) in [6, 6.07) is 3.16. The summed E-state index contributed by atoms with van der Waals surface area (Å²) in [4.78, 5) is 12.0. The monoisotopic (exact) mass is 311 g/mol. The van der Waals surface area contributed by atoms with E-state index in [1.54, 1.807) is 10.7 Å². The van der Waals surface area contributed by atoms with E-state index in [1.807, 2.05) is 0 Å². The number of nitrogens with zero attached hydrogens (tertiary/aromatic N) is 4. The molecular formula is C13H15F2N5O2. The largest absolute Gasteiger partial charge is 0.478 e. The molecular weight excluding hydrogens is 296 g/mol. The van der Waals surface area contributed by atoms with Gasteiger partial charge < -0.3 is 10.1 Å². The van der Waals surface area contributed by atoms with Crippen molar-refractivity contribution in [3.63, 3.8) is 0 Å². The first kappa shape index (κ1) is 14.5. The highest BCUT2D eigenvalue weighted by molar-refractivity contribution is 5.92. The van der Waals surface area contributed by atoms with Crippen molar-refractivity contribution in [2.75, 3.05) is 6.61 Å². The molecule has 1 N–H and O–H groups in total. The van der Waals surface area contributed by atoms with Gasteiger partial charge in [0.25, 0.3) is 12.3 Å². The Bertz CT molecular complexity index is 644. The third-order valence-corrected chi connectivity index (χ3v) is 3.25. The average Bonchev–Trinajstić information content (AvgIpc) is 3.10. The zero-order chi connectivity index (χ0) is 15.5. The summed E-state index contributed by atoms with van der Waals surface area (Å²) in [7, 11) is 0. The van der Waals surface area contributed by atoms with Gasteiger partial charge in [-0.2, -0.15) is 10.2 Å². The van der Waals surface area contributed by atoms with E-state index in [-0.39, 0.29) is 12.2 Å². The number of ether oxygens (including phenoxy) is 1. The molecule has 2 aromatic rings. The molecule has 0 fully saturated rings. The number of amides is 1. The molecule has 22 heavy (non-hydrogen) atoms. The Balaban J connectivity index is 1.62. The second-order valence-electron chi connectivity index (χ2n) is 4.87. The molecule has 1 aliphatic heterocycles. The zero-order valence-electron chi connectivity index (χ0n) is 11.7. The van der Waals surface area contributed by atoms with Crippen molar-refractivity contribution in [1.29, 1.82) is 0 Å². The van der Waals surface area contributed by atoms with Crippen molar-refractivity contribution in [2.24, 2.45) is 0 Å². The Morgan fingerprint density at radius 2 is 2.36 bits per heavy atom. The Kier molecular flexibility index (Phi) is 4.03. The molecule has 7 nitrogen and oxygen atoms in total. The average molecular weight is 311 g/mol. The predicted octanol–water partition coefficient (Wildman–Crippen LogP) is 1.06. The van der Waals surface area contributed by atoms with E-state index in [2.05, 4.69) is 15.5 Å². The van der Waals surface area contributed by atoms with E-state index in [0.29, 0.717) is 18.2 Å². The van der Waals surface area contributed by atoms with E-state index in [1.165, 1.54) is 12.3 Å². The first-order valence-corrected chi connectivity index (χ1v) is 6.91. The minimum Gasteiger partial charge on any atom is -0.478 e. The first-order valence-electron chi connectivity index (χ1n) is 6.91. The van der Waals surface area contributed by atoms with Gasteiger partial charge in [0.05, 0.1) is 18.8 Å². The van der Waals surface area contributed by atoms with Gasteiger partial charge in [-0.05, 0) is 6.07 Å². The number of rotatable bonds is 5. The van der Waals surface area contributed by atoms with Gasteiger partial charge in [0, 0.05) is 25.2 Å². The number of carbonyl (C=O) groups is 1. The predicted molar refractivity (Wildman–Crippen MR) is 71.7 cm³/mol. The number of hydrogen-bond donors (Lipinski definition) is 1. The smallest absolute Gasteiger partial charge is 0.269 e. The lowest BCUT2D eigenvalue weighted by Gasteiger charge is -2.13. The lowest BCUT2D eigenvalue weighted by Crippen LogP contribution is -2.27. The summed E-state index contributed by atoms with van der Waals surface area (Å²) in [5.41, 5.74) is 0.755. The van der Waals surface area contributed by atoms with E-state index in [9.17, 15) is 13.6 Å². The maximum absolute atomic E-state index is 12.4. The molecule has 0 atom stereocenters. The summed E-state index contributed by atoms with van der Waals surface area (Å²) >= 11 is 0. The molecule has 3 heterocycles. The van der Waals surface area contributed by atoms with Crippen LogP contribution in [-0.2, 0) is 19.6 Å². The minimum absolute atomic E-state index is 0.0977. The van der Waals surface area contributed by atoms with Crippen LogP contribution in [0.1, 0.15) is 22.6 Å². The molecule has 0 radical (unpaired) electrons. The molecule has 1 amide bonds. The number of aryl methyl sites for hydroxylation is 1. The van der Waals surface area contributed by atoms with Crippen molar-refractivity contribution in [3.8, 4) is 5.88 Å². The molecule has 9 heteroatoms. The van der Waals surface area contributed by atoms with Gasteiger partial charge in [-0.1, -0.05) is 0 Å². The molecule has 0 aromatic carbocycles. The summed E-state index contributed by atoms with van der Waals surface area (Å²) < 4.78 is 33.0. The van der Waals surface area contributed by atoms with Gasteiger partial charge in [-0.3, -0.25) is 9.48 Å². The van der Waals surface area contributed by atoms with Gasteiger partial charge in [0.1, 0.15) is 12.2 Å². The minimum atomic E-state index is -2.57. The van der Waals surface area contributed by atoms with Gasteiger partial charge in [-0.25, -0.2) is 13.5 Å². The number of aromatic nitrogens is 4. The van der Waals surface area contributed by atoms with E-state index in [4.69, 9.17) is 4.74 Å². The topological polar surface area (TPSA) is 74.0 Å². The fourth-order valence-corrected chi connectivity index (χ4v) is 2.27. The van der Waals surface area contributed by atoms with Crippen LogP contribution in [0, 0.1) is 0 Å². The van der Waals surface area contributed by atoms with Crippen LogP contribution in [0.3, 0.4) is 0 Å². The number of halogens is 2. The SMILES string of the molecule is O=C(NCc1cc2n(n1)CCCO2)c1ccnn1CC(F)F. The van der Waals surface area contributed by atoms with E-state index in [0.717, 1.165) is 17.6 Å². The van der Waals surface area contributed by atoms with Crippen LogP contribution >= 0.6 is 0 Å². The Hall–Kier alpha value is -2.45. The van der Waals surface area contributed by atoms with Crippen LogP contribution in [0.2, 0.25) is 0 Å². The third kappa shape index (κ3) is 3.07. The van der Waals surface area contributed by atoms with Crippen molar-refractivity contribution in [2.45, 2.75) is 32.5 Å². The molecule has 3 rings (SSSR count). The van der Waals surface area contributed by atoms with Crippen LogP contribution < -0.4 is 10.1 Å². The van der Waals surface area contributed by atoms with Crippen LogP contribution in [0.15, 0.2) is 18.3 Å². The molecule has 0 aliphatic carbocycles. The summed E-state index contributed by atoms with van der Waals surface area (Å²) in [5.74, 6) is 0.211. The highest BCUT2D eigenvalue weighted by Crippen LogP contribution is 2.18. The summed E-state index contributed by atoms with van der Waals surface area (Å²) in [6.07, 6.45) is -0.350. The molecule has 0 spiro atoms. The fraction of sp³-hybridized carbons (Fsp3) is 0.462. The van der Waals surface area contributed by atoms with Crippen molar-refractivity contribution in [3.05, 3.63) is 29.7 Å². The number of hydrogen-bond acceptors (Lipinski definition) is 4. The van der Waals surface area contributed by atoms with Gasteiger partial charge in [-0.15, -0.1) is 0 Å². The molecule has 0 unspecified atom stereocenters. The Morgan fingerprint density at radius 3 is 3.14 bits per heavy atom. The van der Waals surface area contributed by atoms with Gasteiger partial charge in [0.2, 0.25) is 5.88 Å². The maximum Gasteiger partial charge on any atom is 0.269 e. The molecule has 0 saturated heterocycles. The maximum atomic E-state index is 12.4. The van der Waals surface area contributed by atoms with Gasteiger partial charge in [0.15, 0.2) is 0 Å². The van der Waals surface area contributed by atoms with Crippen LogP contribution in [0.5, 0.6) is 5.88 Å². The van der Waals surface area contributed by atoms with Crippen LogP contribution in [0.4, 0.5) is 8.78 Å². The highest BCUT2D eigenvalue weighted by Gasteiger charge is 2.17. The van der Waals surface area contributed by atoms with Gasteiger partial charge >= 0.3 is 0 Å². The number of nitrogens with one attached hydrogen (secondary N) is 1. The van der Waals surface area contributed by atoms with Crippen LogP contribution in [-0.4, -0.2) is 38.5 Å². The van der Waals surface area contributed by atoms with Crippen molar-refractivity contribution in [1.82, 2.24) is 24.9 Å². The lowest BCUT2D eigenvalue weighted by atomic mass is 10.3. The quantitative estimate of drug-likeness (QED) is 0.896. The van der Waals surface area contributed by atoms with E-state index < -0.39 is 18.9 Å². The lowest BCUT2D eigenvalue weighted by molar-refractivity contribution is 0.0920. The molecule has 1 aliphatic rings. The Labute approximate surface area is 124 Å². The second kappa shape index (κ2) is 6.12. The van der Waals surface area contributed by atoms with Crippen molar-refractivity contribution < 1.29 is 18.3 Å². The highest BCUT2D eigenvalue weighted by atomic mass is 19.3. The van der Waals surface area contributed by atoms with E-state index >= 15 is 0 Å². The molecule has 0 saturated carbocycles. The number of fused-ring (bicyclic) bond motifs is 1. The number of carbonyl (C=O) groups excluding carboxylic acids is 1. The van der Waals surface area contributed by atoms with Crippen molar-refractivity contribution >= 4 is 5.91 Å². The van der Waals surface area contributed by atoms with Crippen LogP contribution in [0.25, 0.3) is 0 Å². The number of alkyl halides is 2. The summed E-state index contributed by atoms with van der Waals surface area (Å²) in [6.45, 7) is 1.03. The normalized spacial score (nSPS) is 13.8. The first-order chi connectivity index (χ1) is 10.6. The third-order valence-electron chi connectivity index (χ3n) is 3.25. The zero-order valence-corrected chi connectivity index (χ0v) is 11.7.